The minimum Gasteiger partial charge on any atom is -0.456 e. The van der Waals surface area contributed by atoms with Gasteiger partial charge in [0.05, 0.1) is 43.9 Å². The topological polar surface area (TPSA) is 171 Å². The van der Waals surface area contributed by atoms with E-state index in [2.05, 4.69) is 52.0 Å². The minimum atomic E-state index is -0.701. The van der Waals surface area contributed by atoms with E-state index in [0.29, 0.717) is 25.3 Å². The monoisotopic (exact) mass is 801 g/mol. The molecule has 0 spiro atoms. The molecule has 3 aliphatic heterocycles. The number of hydrogen-bond acceptors (Lipinski definition) is 9. The standard InChI is InChI=1S/C45H51N7O7/c1-24(2)39(49-44(55)57-5)42(53)51-17-7-9-35(51)33-20-29-19-26(13-16-32(29)47-33)27-11-14-30-31-15-12-28(22-38(31)59-37(30)21-27)34-23-46-41(48-34)36-10-8-18-52(36)43(54)40(25(3)4)50-45(56)58-6/h11-16,19,21-25,35-36,39-40H,7-10,17-18,20H2,1-6H3,(H,46,48)(H,49,55)(H,50,56)/t35-,36-,39-,40-/m0/s1. The number of methoxy groups -OCH3 is 2. The van der Waals surface area contributed by atoms with Crippen molar-refractivity contribution in [2.45, 2.75) is 84.0 Å². The molecule has 5 heterocycles. The van der Waals surface area contributed by atoms with Gasteiger partial charge in [-0.1, -0.05) is 45.9 Å². The summed E-state index contributed by atoms with van der Waals surface area (Å²) in [6.45, 7) is 8.84. The Morgan fingerprint density at radius 3 is 1.90 bits per heavy atom. The summed E-state index contributed by atoms with van der Waals surface area (Å²) in [4.78, 5) is 68.2. The number of nitrogens with zero attached hydrogens (tertiary/aromatic N) is 4. The van der Waals surface area contributed by atoms with E-state index in [9.17, 15) is 19.2 Å². The van der Waals surface area contributed by atoms with Crippen molar-refractivity contribution >= 4 is 57.3 Å². The van der Waals surface area contributed by atoms with Gasteiger partial charge >= 0.3 is 12.2 Å². The fourth-order valence-electron chi connectivity index (χ4n) is 8.82. The van der Waals surface area contributed by atoms with Crippen LogP contribution >= 0.6 is 0 Å². The number of carbonyl (C=O) groups excluding carboxylic acids is 4. The van der Waals surface area contributed by atoms with Crippen LogP contribution in [0.4, 0.5) is 15.3 Å². The number of imidazole rings is 1. The first-order valence-electron chi connectivity index (χ1n) is 20.5. The molecule has 3 aliphatic rings. The Morgan fingerprint density at radius 1 is 0.746 bits per heavy atom. The molecule has 0 bridgehead atoms. The molecule has 3 aromatic carbocycles. The summed E-state index contributed by atoms with van der Waals surface area (Å²) in [7, 11) is 2.59. The van der Waals surface area contributed by atoms with Gasteiger partial charge in [-0.05, 0) is 90.6 Å². The number of nitrogens with one attached hydrogen (secondary N) is 3. The summed E-state index contributed by atoms with van der Waals surface area (Å²) in [5.74, 6) is 0.233. The molecule has 3 N–H and O–H groups in total. The molecule has 2 aromatic heterocycles. The van der Waals surface area contributed by atoms with Crippen molar-refractivity contribution in [3.8, 4) is 22.4 Å². The number of aromatic nitrogens is 2. The van der Waals surface area contributed by atoms with Crippen molar-refractivity contribution in [1.29, 1.82) is 0 Å². The highest BCUT2D eigenvalue weighted by atomic mass is 16.5. The van der Waals surface area contributed by atoms with Crippen LogP contribution in [0.25, 0.3) is 44.3 Å². The number of hydrogen-bond donors (Lipinski definition) is 3. The Morgan fingerprint density at radius 2 is 1.29 bits per heavy atom. The zero-order chi connectivity index (χ0) is 41.5. The van der Waals surface area contributed by atoms with Crippen LogP contribution in [0.1, 0.15) is 70.8 Å². The lowest BCUT2D eigenvalue weighted by molar-refractivity contribution is -0.135. The number of furan rings is 1. The van der Waals surface area contributed by atoms with E-state index < -0.39 is 24.3 Å². The maximum Gasteiger partial charge on any atom is 0.407 e. The summed E-state index contributed by atoms with van der Waals surface area (Å²) in [5, 5.41) is 7.45. The predicted octanol–water partition coefficient (Wildman–Crippen LogP) is 7.69. The van der Waals surface area contributed by atoms with E-state index in [0.717, 1.165) is 87.0 Å². The van der Waals surface area contributed by atoms with E-state index in [-0.39, 0.29) is 35.7 Å². The van der Waals surface area contributed by atoms with Crippen LogP contribution in [0.3, 0.4) is 0 Å². The number of fused-ring (bicyclic) bond motifs is 4. The van der Waals surface area contributed by atoms with Gasteiger partial charge in [0.15, 0.2) is 0 Å². The van der Waals surface area contributed by atoms with Crippen LogP contribution in [0.5, 0.6) is 0 Å². The first kappa shape index (κ1) is 39.6. The third-order valence-electron chi connectivity index (χ3n) is 12.0. The Balaban J connectivity index is 0.980. The Bertz CT molecular complexity index is 2470. The van der Waals surface area contributed by atoms with Gasteiger partial charge in [-0.2, -0.15) is 0 Å². The summed E-state index contributed by atoms with van der Waals surface area (Å²) in [6, 6.07) is 17.0. The number of aliphatic imine (C=N–C) groups is 1. The number of ether oxygens (including phenoxy) is 2. The van der Waals surface area contributed by atoms with Crippen LogP contribution in [0.15, 0.2) is 70.2 Å². The largest absolute Gasteiger partial charge is 0.456 e. The molecule has 0 unspecified atom stereocenters. The van der Waals surface area contributed by atoms with Gasteiger partial charge in [0.2, 0.25) is 11.8 Å². The minimum absolute atomic E-state index is 0.0968. The summed E-state index contributed by atoms with van der Waals surface area (Å²) in [6.07, 6.45) is 4.51. The average Bonchev–Trinajstić information content (AvgIpc) is 4.08. The lowest BCUT2D eigenvalue weighted by Crippen LogP contribution is -2.53. The van der Waals surface area contributed by atoms with Gasteiger partial charge in [0.25, 0.3) is 0 Å². The van der Waals surface area contributed by atoms with E-state index in [4.69, 9.17) is 23.9 Å². The van der Waals surface area contributed by atoms with E-state index in [1.54, 1.807) is 11.1 Å². The van der Waals surface area contributed by atoms with Crippen LogP contribution in [-0.2, 0) is 25.5 Å². The molecule has 14 heteroatoms. The van der Waals surface area contributed by atoms with E-state index in [1.807, 2.05) is 50.8 Å². The molecule has 4 atom stereocenters. The molecule has 0 saturated carbocycles. The molecular weight excluding hydrogens is 751 g/mol. The predicted molar refractivity (Wildman–Crippen MR) is 224 cm³/mol. The normalized spacial score (nSPS) is 18.7. The molecule has 2 saturated heterocycles. The van der Waals surface area contributed by atoms with Gasteiger partial charge < -0.3 is 39.3 Å². The molecule has 5 aromatic rings. The van der Waals surface area contributed by atoms with Crippen LogP contribution in [0, 0.1) is 11.8 Å². The number of carbonyl (C=O) groups is 4. The average molecular weight is 802 g/mol. The zero-order valence-electron chi connectivity index (χ0n) is 34.3. The molecule has 59 heavy (non-hydrogen) atoms. The second-order valence-electron chi connectivity index (χ2n) is 16.4. The van der Waals surface area contributed by atoms with Crippen LogP contribution in [0.2, 0.25) is 0 Å². The third kappa shape index (κ3) is 7.63. The van der Waals surface area contributed by atoms with Gasteiger partial charge in [-0.3, -0.25) is 14.6 Å². The quantitative estimate of drug-likeness (QED) is 0.129. The Hall–Kier alpha value is -6.18. The number of benzene rings is 3. The maximum absolute atomic E-state index is 13.7. The summed E-state index contributed by atoms with van der Waals surface area (Å²) in [5.41, 5.74) is 8.33. The highest BCUT2D eigenvalue weighted by molar-refractivity contribution is 6.07. The number of rotatable bonds is 10. The molecule has 14 nitrogen and oxygen atoms in total. The second-order valence-corrected chi connectivity index (χ2v) is 16.4. The van der Waals surface area contributed by atoms with Crippen LogP contribution in [-0.4, -0.2) is 94.9 Å². The van der Waals surface area contributed by atoms with Gasteiger partial charge in [-0.15, -0.1) is 0 Å². The SMILES string of the molecule is COC(=O)N[C@H](C(=O)N1CCC[C@H]1C1=Nc2ccc(-c3ccc4c(c3)oc3cc(-c5cnc([C@@H]6CCCN6C(=O)[C@@H](NC(=O)OC)C(C)C)[nH]5)ccc34)cc2C1)C(C)C. The Kier molecular flexibility index (Phi) is 10.9. The molecular formula is C45H51N7O7. The fourth-order valence-corrected chi connectivity index (χ4v) is 8.82. The lowest BCUT2D eigenvalue weighted by atomic mass is 9.97. The first-order valence-corrected chi connectivity index (χ1v) is 20.5. The first-order chi connectivity index (χ1) is 28.4. The van der Waals surface area contributed by atoms with Crippen LogP contribution < -0.4 is 10.6 Å². The van der Waals surface area contributed by atoms with Crippen molar-refractivity contribution in [2.24, 2.45) is 16.8 Å². The molecule has 308 valence electrons. The van der Waals surface area contributed by atoms with Gasteiger partial charge in [0.1, 0.15) is 29.1 Å². The number of H-pyrrole nitrogens is 1. The number of likely N-dealkylation sites (tertiary alicyclic amines) is 2. The lowest BCUT2D eigenvalue weighted by Gasteiger charge is -2.30. The van der Waals surface area contributed by atoms with E-state index >= 15 is 0 Å². The molecule has 2 fully saturated rings. The van der Waals surface area contributed by atoms with Crippen molar-refractivity contribution < 1.29 is 33.1 Å². The number of alkyl carbamates (subject to hydrolysis) is 2. The van der Waals surface area contributed by atoms with Gasteiger partial charge in [0, 0.05) is 41.6 Å². The van der Waals surface area contributed by atoms with Crippen molar-refractivity contribution in [2.75, 3.05) is 27.3 Å². The number of amides is 4. The van der Waals surface area contributed by atoms with Crippen molar-refractivity contribution in [3.05, 3.63) is 72.2 Å². The smallest absolute Gasteiger partial charge is 0.407 e. The van der Waals surface area contributed by atoms with Crippen molar-refractivity contribution in [3.63, 3.8) is 0 Å². The molecule has 8 rings (SSSR count). The highest BCUT2D eigenvalue weighted by Gasteiger charge is 2.40. The third-order valence-corrected chi connectivity index (χ3v) is 12.0. The molecule has 0 radical (unpaired) electrons. The highest BCUT2D eigenvalue weighted by Crippen LogP contribution is 2.39. The molecule has 4 amide bonds. The second kappa shape index (κ2) is 16.2. The van der Waals surface area contributed by atoms with Gasteiger partial charge in [-0.25, -0.2) is 14.6 Å². The van der Waals surface area contributed by atoms with Crippen molar-refractivity contribution in [1.82, 2.24) is 30.4 Å². The number of aromatic amines is 1. The maximum atomic E-state index is 13.7. The summed E-state index contributed by atoms with van der Waals surface area (Å²) >= 11 is 0. The summed E-state index contributed by atoms with van der Waals surface area (Å²) < 4.78 is 16.0. The molecule has 0 aliphatic carbocycles. The Labute approximate surface area is 342 Å². The van der Waals surface area contributed by atoms with E-state index in [1.165, 1.54) is 14.2 Å². The fraction of sp³-hybridized carbons (Fsp3) is 0.422. The zero-order valence-corrected chi connectivity index (χ0v) is 34.3.